The summed E-state index contributed by atoms with van der Waals surface area (Å²) in [4.78, 5) is 26.6. The number of hydrogen-bond acceptors (Lipinski definition) is 6. The molecule has 0 N–H and O–H groups in total. The molecular weight excluding hydrogens is 326 g/mol. The number of benzene rings is 1. The van der Waals surface area contributed by atoms with Gasteiger partial charge in [0.05, 0.1) is 23.8 Å². The second-order valence-electron chi connectivity index (χ2n) is 5.64. The highest BCUT2D eigenvalue weighted by atomic mass is 16.6. The van der Waals surface area contributed by atoms with Gasteiger partial charge in [0.2, 0.25) is 11.7 Å². The highest BCUT2D eigenvalue weighted by Crippen LogP contribution is 2.22. The summed E-state index contributed by atoms with van der Waals surface area (Å²) in [5.74, 6) is -0.922. The molecule has 0 spiro atoms. The van der Waals surface area contributed by atoms with Crippen molar-refractivity contribution in [1.29, 1.82) is 0 Å². The van der Waals surface area contributed by atoms with E-state index in [1.54, 1.807) is 23.0 Å². The van der Waals surface area contributed by atoms with E-state index in [-0.39, 0.29) is 13.2 Å². The molecule has 1 atom stereocenters. The van der Waals surface area contributed by atoms with Crippen LogP contribution in [-0.2, 0) is 25.6 Å². The molecule has 1 unspecified atom stereocenters. The summed E-state index contributed by atoms with van der Waals surface area (Å²) >= 11 is 0. The van der Waals surface area contributed by atoms with E-state index in [4.69, 9.17) is 9.47 Å². The molecule has 2 heterocycles. The molecule has 8 nitrogen and oxygen atoms in total. The Morgan fingerprint density at radius 1 is 1.28 bits per heavy atom. The molecule has 0 saturated carbocycles. The zero-order valence-corrected chi connectivity index (χ0v) is 13.8. The predicted octanol–water partition coefficient (Wildman–Crippen LogP) is 1.32. The van der Waals surface area contributed by atoms with Gasteiger partial charge < -0.3 is 19.2 Å². The van der Waals surface area contributed by atoms with Crippen LogP contribution in [0.5, 0.6) is 0 Å². The fourth-order valence-corrected chi connectivity index (χ4v) is 2.76. The maximum Gasteiger partial charge on any atom is 0.303 e. The minimum Gasteiger partial charge on any atom is -0.618 e. The first-order chi connectivity index (χ1) is 12.0. The lowest BCUT2D eigenvalue weighted by Gasteiger charge is -2.18. The van der Waals surface area contributed by atoms with E-state index in [9.17, 15) is 14.8 Å². The van der Waals surface area contributed by atoms with E-state index in [1.165, 1.54) is 20.0 Å². The topological polar surface area (TPSA) is 97.4 Å². The van der Waals surface area contributed by atoms with Gasteiger partial charge in [0.15, 0.2) is 11.6 Å². The van der Waals surface area contributed by atoms with E-state index < -0.39 is 18.0 Å². The van der Waals surface area contributed by atoms with Crippen LogP contribution < -0.4 is 4.73 Å². The van der Waals surface area contributed by atoms with E-state index in [0.717, 1.165) is 15.6 Å². The van der Waals surface area contributed by atoms with E-state index >= 15 is 0 Å². The van der Waals surface area contributed by atoms with Gasteiger partial charge >= 0.3 is 11.9 Å². The first-order valence-electron chi connectivity index (χ1n) is 7.72. The third kappa shape index (κ3) is 3.52. The lowest BCUT2D eigenvalue weighted by atomic mass is 10.2. The van der Waals surface area contributed by atoms with Crippen LogP contribution in [0.3, 0.4) is 0 Å². The van der Waals surface area contributed by atoms with E-state index in [2.05, 4.69) is 4.98 Å². The molecule has 130 valence electrons. The first kappa shape index (κ1) is 16.7. The average molecular weight is 343 g/mol. The van der Waals surface area contributed by atoms with E-state index in [0.29, 0.717) is 11.0 Å². The van der Waals surface area contributed by atoms with Gasteiger partial charge in [0, 0.05) is 19.9 Å². The van der Waals surface area contributed by atoms with Gasteiger partial charge in [-0.25, -0.2) is 4.98 Å². The molecule has 8 heteroatoms. The molecule has 2 aromatic heterocycles. The highest BCUT2D eigenvalue weighted by molar-refractivity contribution is 6.00. The molecular formula is C17H17N3O5. The number of aromatic nitrogens is 3. The second kappa shape index (κ2) is 6.76. The summed E-state index contributed by atoms with van der Waals surface area (Å²) in [6.07, 6.45) is 2.32. The van der Waals surface area contributed by atoms with Crippen molar-refractivity contribution in [2.45, 2.75) is 26.5 Å². The van der Waals surface area contributed by atoms with Crippen molar-refractivity contribution in [2.24, 2.45) is 0 Å². The number of hydrogen-bond donors (Lipinski definition) is 0. The molecule has 3 rings (SSSR count). The van der Waals surface area contributed by atoms with Gasteiger partial charge in [-0.05, 0) is 6.07 Å². The fourth-order valence-electron chi connectivity index (χ4n) is 2.76. The monoisotopic (exact) mass is 343 g/mol. The number of carbonyl (C=O) groups excluding carboxylic acids is 2. The highest BCUT2D eigenvalue weighted by Gasteiger charge is 2.19. The molecule has 0 aliphatic rings. The maximum atomic E-state index is 12.1. The number of esters is 2. The summed E-state index contributed by atoms with van der Waals surface area (Å²) in [5, 5.41) is 12.8. The van der Waals surface area contributed by atoms with Gasteiger partial charge in [-0.15, -0.1) is 0 Å². The molecule has 1 aromatic carbocycles. The molecule has 0 bridgehead atoms. The summed E-state index contributed by atoms with van der Waals surface area (Å²) in [5.41, 5.74) is 1.80. The summed E-state index contributed by atoms with van der Waals surface area (Å²) in [7, 11) is 0. The zero-order valence-electron chi connectivity index (χ0n) is 13.8. The molecule has 3 aromatic rings. The van der Waals surface area contributed by atoms with Crippen LogP contribution in [0.25, 0.3) is 21.9 Å². The molecule has 0 fully saturated rings. The number of pyridine rings is 1. The first-order valence-corrected chi connectivity index (χ1v) is 7.72. The van der Waals surface area contributed by atoms with Crippen LogP contribution in [0.1, 0.15) is 13.8 Å². The van der Waals surface area contributed by atoms with Gasteiger partial charge in [0.25, 0.3) is 0 Å². The maximum absolute atomic E-state index is 12.1. The van der Waals surface area contributed by atoms with Crippen molar-refractivity contribution in [3.05, 3.63) is 42.0 Å². The van der Waals surface area contributed by atoms with Crippen molar-refractivity contribution in [3.63, 3.8) is 0 Å². The third-order valence-corrected chi connectivity index (χ3v) is 3.71. The SMILES string of the molecule is CC(=O)OCC(Cn1cnc2c[n+]([O-])c3ccccc3c21)OC(C)=O. The molecule has 0 aliphatic carbocycles. The van der Waals surface area contributed by atoms with Crippen LogP contribution in [0.4, 0.5) is 0 Å². The number of ether oxygens (including phenoxy) is 2. The smallest absolute Gasteiger partial charge is 0.303 e. The van der Waals surface area contributed by atoms with Crippen LogP contribution in [0.15, 0.2) is 36.8 Å². The van der Waals surface area contributed by atoms with Crippen molar-refractivity contribution in [3.8, 4) is 0 Å². The number of imidazole rings is 1. The Bertz CT molecular complexity index is 950. The van der Waals surface area contributed by atoms with Crippen LogP contribution in [0.2, 0.25) is 0 Å². The molecule has 25 heavy (non-hydrogen) atoms. The van der Waals surface area contributed by atoms with Gasteiger partial charge in [-0.1, -0.05) is 12.1 Å². The predicted molar refractivity (Wildman–Crippen MR) is 88.4 cm³/mol. The second-order valence-corrected chi connectivity index (χ2v) is 5.64. The standard InChI is InChI=1S/C17H17N3O5/c1-11(21)24-9-13(25-12(2)22)7-19-10-18-15-8-20(23)16-6-4-3-5-14(16)17(15)19/h3-6,8,10,13H,7,9H2,1-2H3. The Kier molecular flexibility index (Phi) is 4.51. The van der Waals surface area contributed by atoms with E-state index in [1.807, 2.05) is 12.1 Å². The number of rotatable bonds is 5. The summed E-state index contributed by atoms with van der Waals surface area (Å²) < 4.78 is 12.8. The zero-order chi connectivity index (χ0) is 18.0. The Balaban J connectivity index is 2.01. The molecule has 0 radical (unpaired) electrons. The van der Waals surface area contributed by atoms with Gasteiger partial charge in [-0.2, -0.15) is 4.73 Å². The molecule has 0 amide bonds. The Labute approximate surface area is 143 Å². The van der Waals surface area contributed by atoms with Gasteiger partial charge in [0.1, 0.15) is 6.61 Å². The molecule has 0 aliphatic heterocycles. The van der Waals surface area contributed by atoms with Crippen molar-refractivity contribution in [1.82, 2.24) is 9.55 Å². The lowest BCUT2D eigenvalue weighted by Crippen LogP contribution is -2.29. The largest absolute Gasteiger partial charge is 0.618 e. The third-order valence-electron chi connectivity index (χ3n) is 3.71. The Morgan fingerprint density at radius 3 is 2.76 bits per heavy atom. The minimum atomic E-state index is -0.655. The van der Waals surface area contributed by atoms with Crippen LogP contribution in [-0.4, -0.2) is 34.2 Å². The average Bonchev–Trinajstić information content (AvgIpc) is 2.95. The van der Waals surface area contributed by atoms with Crippen molar-refractivity contribution < 1.29 is 23.8 Å². The Morgan fingerprint density at radius 2 is 2.04 bits per heavy atom. The normalized spacial score (nSPS) is 12.2. The van der Waals surface area contributed by atoms with Crippen LogP contribution in [0, 0.1) is 5.21 Å². The number of carbonyl (C=O) groups is 2. The Hall–Kier alpha value is -3.16. The number of para-hydroxylation sites is 1. The van der Waals surface area contributed by atoms with Crippen molar-refractivity contribution >= 4 is 33.9 Å². The summed E-state index contributed by atoms with van der Waals surface area (Å²) in [6, 6.07) is 7.17. The lowest BCUT2D eigenvalue weighted by molar-refractivity contribution is -0.575. The fraction of sp³-hybridized carbons (Fsp3) is 0.294. The van der Waals surface area contributed by atoms with Gasteiger partial charge in [-0.3, -0.25) is 9.59 Å². The van der Waals surface area contributed by atoms with Crippen LogP contribution >= 0.6 is 0 Å². The quantitative estimate of drug-likeness (QED) is 0.394. The number of nitrogens with zero attached hydrogens (tertiary/aromatic N) is 3. The number of fused-ring (bicyclic) bond motifs is 3. The van der Waals surface area contributed by atoms with Crippen molar-refractivity contribution in [2.75, 3.05) is 6.61 Å². The molecule has 0 saturated heterocycles. The summed E-state index contributed by atoms with van der Waals surface area (Å²) in [6.45, 7) is 2.78. The minimum absolute atomic E-state index is 0.0547.